The number of benzene rings is 1. The summed E-state index contributed by atoms with van der Waals surface area (Å²) in [6.07, 6.45) is 1.77. The van der Waals surface area contributed by atoms with Crippen LogP contribution in [0.5, 0.6) is 5.75 Å². The van der Waals surface area contributed by atoms with Gasteiger partial charge in [0.05, 0.1) is 18.1 Å². The highest BCUT2D eigenvalue weighted by atomic mass is 32.2. The van der Waals surface area contributed by atoms with Crippen molar-refractivity contribution in [2.24, 2.45) is 5.14 Å². The number of hydrogen-bond acceptors (Lipinski definition) is 6. The molecule has 1 aromatic rings. The first-order valence-corrected chi connectivity index (χ1v) is 9.28. The van der Waals surface area contributed by atoms with E-state index in [1.54, 1.807) is 12.1 Å². The van der Waals surface area contributed by atoms with E-state index in [1.165, 1.54) is 12.1 Å². The predicted molar refractivity (Wildman–Crippen MR) is 83.6 cm³/mol. The molecule has 0 radical (unpaired) electrons. The van der Waals surface area contributed by atoms with Gasteiger partial charge in [-0.15, -0.1) is 0 Å². The van der Waals surface area contributed by atoms with E-state index >= 15 is 0 Å². The maximum Gasteiger partial charge on any atom is 0.238 e. The number of primary sulfonamides is 1. The Kier molecular flexibility index (Phi) is 4.88. The van der Waals surface area contributed by atoms with Crippen LogP contribution in [0.2, 0.25) is 0 Å². The molecule has 2 aliphatic heterocycles. The second-order valence-electron chi connectivity index (χ2n) is 5.81. The van der Waals surface area contributed by atoms with Crippen molar-refractivity contribution in [3.05, 3.63) is 24.3 Å². The molecule has 0 unspecified atom stereocenters. The first-order chi connectivity index (χ1) is 11.0. The Bertz CT molecular complexity index is 616. The lowest BCUT2D eigenvalue weighted by atomic mass is 10.0. The summed E-state index contributed by atoms with van der Waals surface area (Å²) in [6.45, 7) is 4.59. The van der Waals surface area contributed by atoms with E-state index in [0.29, 0.717) is 25.6 Å². The first kappa shape index (κ1) is 16.7. The van der Waals surface area contributed by atoms with Gasteiger partial charge < -0.3 is 14.2 Å². The standard InChI is InChI=1S/C15H22N2O5S/c16-23(18,19)14-3-1-13(2-4-14)20-10-9-17-7-5-15(6-8-17)21-11-12-22-15/h1-4H,5-12H2,(H2,16,18,19). The van der Waals surface area contributed by atoms with Gasteiger partial charge in [0.2, 0.25) is 10.0 Å². The Morgan fingerprint density at radius 1 is 1.13 bits per heavy atom. The maximum absolute atomic E-state index is 11.2. The molecule has 2 N–H and O–H groups in total. The smallest absolute Gasteiger partial charge is 0.238 e. The molecule has 1 spiro atoms. The van der Waals surface area contributed by atoms with Crippen LogP contribution in [0.1, 0.15) is 12.8 Å². The van der Waals surface area contributed by atoms with Gasteiger partial charge in [0.1, 0.15) is 12.4 Å². The lowest BCUT2D eigenvalue weighted by molar-refractivity contribution is -0.185. The van der Waals surface area contributed by atoms with Crippen LogP contribution in [0.4, 0.5) is 0 Å². The van der Waals surface area contributed by atoms with E-state index in [0.717, 1.165) is 32.5 Å². The van der Waals surface area contributed by atoms with E-state index in [4.69, 9.17) is 19.3 Å². The normalized spacial score (nSPS) is 21.6. The van der Waals surface area contributed by atoms with Gasteiger partial charge in [-0.3, -0.25) is 4.90 Å². The van der Waals surface area contributed by atoms with Gasteiger partial charge in [0.15, 0.2) is 5.79 Å². The number of nitrogens with two attached hydrogens (primary N) is 1. The van der Waals surface area contributed by atoms with E-state index in [-0.39, 0.29) is 10.7 Å². The summed E-state index contributed by atoms with van der Waals surface area (Å²) in [6, 6.07) is 6.13. The molecule has 3 rings (SSSR count). The summed E-state index contributed by atoms with van der Waals surface area (Å²) in [5.41, 5.74) is 0. The second-order valence-corrected chi connectivity index (χ2v) is 7.38. The number of piperidine rings is 1. The quantitative estimate of drug-likeness (QED) is 0.840. The highest BCUT2D eigenvalue weighted by molar-refractivity contribution is 7.89. The zero-order chi connectivity index (χ0) is 16.3. The maximum atomic E-state index is 11.2. The molecule has 0 atom stereocenters. The topological polar surface area (TPSA) is 91.1 Å². The Balaban J connectivity index is 1.42. The molecular weight excluding hydrogens is 320 g/mol. The Morgan fingerprint density at radius 3 is 2.30 bits per heavy atom. The average Bonchev–Trinajstić information content (AvgIpc) is 2.97. The number of rotatable bonds is 5. The minimum Gasteiger partial charge on any atom is -0.492 e. The number of nitrogens with zero attached hydrogens (tertiary/aromatic N) is 1. The van der Waals surface area contributed by atoms with E-state index in [9.17, 15) is 8.42 Å². The molecule has 2 aliphatic rings. The van der Waals surface area contributed by atoms with Gasteiger partial charge >= 0.3 is 0 Å². The number of hydrogen-bond donors (Lipinski definition) is 1. The second kappa shape index (κ2) is 6.74. The third kappa shape index (κ3) is 4.21. The van der Waals surface area contributed by atoms with Crippen LogP contribution in [0, 0.1) is 0 Å². The van der Waals surface area contributed by atoms with Crippen molar-refractivity contribution >= 4 is 10.0 Å². The van der Waals surface area contributed by atoms with Gasteiger partial charge in [0.25, 0.3) is 0 Å². The van der Waals surface area contributed by atoms with Gasteiger partial charge in [-0.05, 0) is 24.3 Å². The van der Waals surface area contributed by atoms with E-state index in [1.807, 2.05) is 0 Å². The van der Waals surface area contributed by atoms with Crippen LogP contribution in [-0.2, 0) is 19.5 Å². The molecule has 2 heterocycles. The minimum atomic E-state index is -3.66. The number of sulfonamides is 1. The fraction of sp³-hybridized carbons (Fsp3) is 0.600. The SMILES string of the molecule is NS(=O)(=O)c1ccc(OCCN2CCC3(CC2)OCCO3)cc1. The first-order valence-electron chi connectivity index (χ1n) is 7.73. The van der Waals surface area contributed by atoms with Crippen LogP contribution in [-0.4, -0.2) is 58.6 Å². The van der Waals surface area contributed by atoms with Crippen molar-refractivity contribution in [1.29, 1.82) is 0 Å². The zero-order valence-electron chi connectivity index (χ0n) is 12.9. The third-order valence-electron chi connectivity index (χ3n) is 4.26. The molecule has 0 bridgehead atoms. The predicted octanol–water partition coefficient (Wildman–Crippen LogP) is 0.552. The van der Waals surface area contributed by atoms with Crippen molar-refractivity contribution in [1.82, 2.24) is 4.90 Å². The summed E-state index contributed by atoms with van der Waals surface area (Å²) in [5.74, 6) is 0.286. The molecule has 0 aromatic heterocycles. The molecule has 0 aliphatic carbocycles. The molecule has 1 aromatic carbocycles. The van der Waals surface area contributed by atoms with E-state index in [2.05, 4.69) is 4.90 Å². The summed E-state index contributed by atoms with van der Waals surface area (Å²) >= 11 is 0. The van der Waals surface area contributed by atoms with Crippen molar-refractivity contribution in [3.63, 3.8) is 0 Å². The number of ether oxygens (including phenoxy) is 3. The Hall–Kier alpha value is -1.19. The molecule has 0 amide bonds. The summed E-state index contributed by atoms with van der Waals surface area (Å²) in [4.78, 5) is 2.40. The van der Waals surface area contributed by atoms with Crippen molar-refractivity contribution in [2.45, 2.75) is 23.5 Å². The Labute approximate surface area is 136 Å². The van der Waals surface area contributed by atoms with Crippen molar-refractivity contribution in [3.8, 4) is 5.75 Å². The molecule has 7 nitrogen and oxygen atoms in total. The van der Waals surface area contributed by atoms with Crippen molar-refractivity contribution < 1.29 is 22.6 Å². The van der Waals surface area contributed by atoms with Crippen molar-refractivity contribution in [2.75, 3.05) is 39.5 Å². The highest BCUT2D eigenvalue weighted by Gasteiger charge is 2.39. The summed E-state index contributed by atoms with van der Waals surface area (Å²) < 4.78 is 39.4. The van der Waals surface area contributed by atoms with Crippen LogP contribution < -0.4 is 9.88 Å². The molecular formula is C15H22N2O5S. The lowest BCUT2D eigenvalue weighted by Gasteiger charge is -2.37. The van der Waals surface area contributed by atoms with Crippen LogP contribution in [0.3, 0.4) is 0 Å². The monoisotopic (exact) mass is 342 g/mol. The fourth-order valence-electron chi connectivity index (χ4n) is 2.92. The van der Waals surface area contributed by atoms with Crippen LogP contribution >= 0.6 is 0 Å². The zero-order valence-corrected chi connectivity index (χ0v) is 13.8. The largest absolute Gasteiger partial charge is 0.492 e. The summed E-state index contributed by atoms with van der Waals surface area (Å²) in [7, 11) is -3.66. The fourth-order valence-corrected chi connectivity index (χ4v) is 3.44. The molecule has 23 heavy (non-hydrogen) atoms. The lowest BCUT2D eigenvalue weighted by Crippen LogP contribution is -2.46. The molecule has 2 saturated heterocycles. The van der Waals surface area contributed by atoms with E-state index < -0.39 is 10.0 Å². The van der Waals surface area contributed by atoms with Gasteiger partial charge in [-0.1, -0.05) is 0 Å². The van der Waals surface area contributed by atoms with Crippen LogP contribution in [0.15, 0.2) is 29.2 Å². The molecule has 8 heteroatoms. The minimum absolute atomic E-state index is 0.0859. The Morgan fingerprint density at radius 2 is 1.74 bits per heavy atom. The average molecular weight is 342 g/mol. The number of likely N-dealkylation sites (tertiary alicyclic amines) is 1. The van der Waals surface area contributed by atoms with Gasteiger partial charge in [0, 0.05) is 32.5 Å². The van der Waals surface area contributed by atoms with Crippen LogP contribution in [0.25, 0.3) is 0 Å². The van der Waals surface area contributed by atoms with Gasteiger partial charge in [-0.2, -0.15) is 0 Å². The third-order valence-corrected chi connectivity index (χ3v) is 5.19. The molecule has 128 valence electrons. The van der Waals surface area contributed by atoms with Gasteiger partial charge in [-0.25, -0.2) is 13.6 Å². The molecule has 0 saturated carbocycles. The highest BCUT2D eigenvalue weighted by Crippen LogP contribution is 2.31. The summed E-state index contributed by atoms with van der Waals surface area (Å²) in [5, 5.41) is 5.06. The molecule has 2 fully saturated rings.